The normalized spacial score (nSPS) is 24.5. The smallest absolute Gasteiger partial charge is 0.309 e. The Bertz CT molecular complexity index is 386. The average molecular weight is 253 g/mol. The first-order valence-electron chi connectivity index (χ1n) is 6.16. The molecule has 2 nitrogen and oxygen atoms in total. The summed E-state index contributed by atoms with van der Waals surface area (Å²) in [5.74, 6) is 0.0570. The summed E-state index contributed by atoms with van der Waals surface area (Å²) in [6.45, 7) is 2.10. The lowest BCUT2D eigenvalue weighted by Crippen LogP contribution is -2.26. The lowest BCUT2D eigenvalue weighted by atomic mass is 9.91. The van der Waals surface area contributed by atoms with Crippen molar-refractivity contribution in [2.24, 2.45) is 5.92 Å². The molecule has 1 aromatic rings. The SMILES string of the molecule is CCCC1CCC(c2ccc(Cl)cc2)OC1=O. The number of ether oxygens (including phenoxy) is 1. The molecule has 1 aromatic carbocycles. The molecule has 92 valence electrons. The molecule has 0 amide bonds. The quantitative estimate of drug-likeness (QED) is 0.756. The van der Waals surface area contributed by atoms with Gasteiger partial charge in [-0.3, -0.25) is 4.79 Å². The van der Waals surface area contributed by atoms with E-state index >= 15 is 0 Å². The highest BCUT2D eigenvalue weighted by Crippen LogP contribution is 2.33. The second-order valence-electron chi connectivity index (χ2n) is 4.54. The first-order chi connectivity index (χ1) is 8.20. The van der Waals surface area contributed by atoms with E-state index in [0.717, 1.165) is 31.2 Å². The minimum atomic E-state index is -0.0899. The fourth-order valence-electron chi connectivity index (χ4n) is 2.29. The van der Waals surface area contributed by atoms with Crippen molar-refractivity contribution in [2.75, 3.05) is 0 Å². The summed E-state index contributed by atoms with van der Waals surface area (Å²) in [6.07, 6.45) is 3.73. The second-order valence-corrected chi connectivity index (χ2v) is 4.98. The van der Waals surface area contributed by atoms with Gasteiger partial charge in [-0.05, 0) is 37.0 Å². The van der Waals surface area contributed by atoms with Gasteiger partial charge in [0, 0.05) is 5.02 Å². The number of rotatable bonds is 3. The molecule has 0 aliphatic carbocycles. The molecule has 1 saturated heterocycles. The number of esters is 1. The van der Waals surface area contributed by atoms with Crippen LogP contribution in [0.25, 0.3) is 0 Å². The molecule has 3 heteroatoms. The maximum atomic E-state index is 11.8. The van der Waals surface area contributed by atoms with Crippen LogP contribution in [0.15, 0.2) is 24.3 Å². The van der Waals surface area contributed by atoms with Gasteiger partial charge in [0.2, 0.25) is 0 Å². The summed E-state index contributed by atoms with van der Waals surface area (Å²) in [5, 5.41) is 0.708. The topological polar surface area (TPSA) is 26.3 Å². The molecule has 2 unspecified atom stereocenters. The fourth-order valence-corrected chi connectivity index (χ4v) is 2.41. The van der Waals surface area contributed by atoms with Crippen molar-refractivity contribution >= 4 is 17.6 Å². The summed E-state index contributed by atoms with van der Waals surface area (Å²) in [7, 11) is 0. The Hall–Kier alpha value is -1.02. The van der Waals surface area contributed by atoms with Gasteiger partial charge in [-0.15, -0.1) is 0 Å². The van der Waals surface area contributed by atoms with Gasteiger partial charge >= 0.3 is 5.97 Å². The van der Waals surface area contributed by atoms with E-state index in [9.17, 15) is 4.79 Å². The van der Waals surface area contributed by atoms with Crippen LogP contribution in [0.3, 0.4) is 0 Å². The zero-order valence-electron chi connectivity index (χ0n) is 9.99. The Morgan fingerprint density at radius 3 is 2.59 bits per heavy atom. The Morgan fingerprint density at radius 2 is 2.00 bits per heavy atom. The van der Waals surface area contributed by atoms with Gasteiger partial charge < -0.3 is 4.74 Å². The van der Waals surface area contributed by atoms with Crippen LogP contribution in [-0.2, 0) is 9.53 Å². The van der Waals surface area contributed by atoms with Crippen molar-refractivity contribution < 1.29 is 9.53 Å². The largest absolute Gasteiger partial charge is 0.457 e. The highest BCUT2D eigenvalue weighted by atomic mass is 35.5. The standard InChI is InChI=1S/C14H17ClO2/c1-2-3-11-6-9-13(17-14(11)16)10-4-7-12(15)8-5-10/h4-5,7-8,11,13H,2-3,6,9H2,1H3. The third-order valence-electron chi connectivity index (χ3n) is 3.25. The molecule has 2 rings (SSSR count). The van der Waals surface area contributed by atoms with E-state index in [1.807, 2.05) is 24.3 Å². The Labute approximate surface area is 107 Å². The van der Waals surface area contributed by atoms with Crippen LogP contribution in [0.5, 0.6) is 0 Å². The van der Waals surface area contributed by atoms with Gasteiger partial charge in [0.05, 0.1) is 5.92 Å². The zero-order chi connectivity index (χ0) is 12.3. The zero-order valence-corrected chi connectivity index (χ0v) is 10.7. The van der Waals surface area contributed by atoms with Crippen LogP contribution in [0, 0.1) is 5.92 Å². The molecule has 0 saturated carbocycles. The van der Waals surface area contributed by atoms with E-state index < -0.39 is 0 Å². The van der Waals surface area contributed by atoms with Crippen LogP contribution < -0.4 is 0 Å². The van der Waals surface area contributed by atoms with Crippen LogP contribution >= 0.6 is 11.6 Å². The predicted molar refractivity (Wildman–Crippen MR) is 67.9 cm³/mol. The number of carbonyl (C=O) groups excluding carboxylic acids is 1. The molecule has 0 N–H and O–H groups in total. The van der Waals surface area contributed by atoms with Crippen molar-refractivity contribution in [1.82, 2.24) is 0 Å². The van der Waals surface area contributed by atoms with Crippen molar-refractivity contribution in [3.63, 3.8) is 0 Å². The molecule has 1 fully saturated rings. The number of hydrogen-bond donors (Lipinski definition) is 0. The average Bonchev–Trinajstić information content (AvgIpc) is 2.33. The number of halogens is 1. The molecule has 17 heavy (non-hydrogen) atoms. The van der Waals surface area contributed by atoms with Crippen LogP contribution in [-0.4, -0.2) is 5.97 Å². The minimum Gasteiger partial charge on any atom is -0.457 e. The molecule has 1 aliphatic heterocycles. The van der Waals surface area contributed by atoms with E-state index in [2.05, 4.69) is 6.92 Å². The van der Waals surface area contributed by atoms with E-state index in [0.29, 0.717) is 5.02 Å². The highest BCUT2D eigenvalue weighted by Gasteiger charge is 2.29. The van der Waals surface area contributed by atoms with E-state index in [1.54, 1.807) is 0 Å². The summed E-state index contributed by atoms with van der Waals surface area (Å²) in [4.78, 5) is 11.8. The molecular weight excluding hydrogens is 236 g/mol. The van der Waals surface area contributed by atoms with Gasteiger partial charge in [-0.1, -0.05) is 37.1 Å². The fraction of sp³-hybridized carbons (Fsp3) is 0.500. The van der Waals surface area contributed by atoms with Crippen molar-refractivity contribution in [2.45, 2.75) is 38.7 Å². The number of cyclic esters (lactones) is 1. The van der Waals surface area contributed by atoms with E-state index in [1.165, 1.54) is 0 Å². The number of benzene rings is 1. The molecule has 0 aromatic heterocycles. The lowest BCUT2D eigenvalue weighted by Gasteiger charge is -2.28. The molecule has 0 bridgehead atoms. The van der Waals surface area contributed by atoms with Crippen LogP contribution in [0.2, 0.25) is 5.02 Å². The monoisotopic (exact) mass is 252 g/mol. The van der Waals surface area contributed by atoms with Crippen molar-refractivity contribution in [3.8, 4) is 0 Å². The molecule has 0 spiro atoms. The first-order valence-corrected chi connectivity index (χ1v) is 6.54. The Morgan fingerprint density at radius 1 is 1.29 bits per heavy atom. The predicted octanol–water partition coefficient (Wildman–Crippen LogP) is 4.13. The third kappa shape index (κ3) is 3.01. The van der Waals surface area contributed by atoms with Crippen LogP contribution in [0.1, 0.15) is 44.3 Å². The van der Waals surface area contributed by atoms with Gasteiger partial charge in [0.1, 0.15) is 6.10 Å². The molecule has 1 heterocycles. The summed E-state index contributed by atoms with van der Waals surface area (Å²) in [6, 6.07) is 7.53. The molecule has 0 radical (unpaired) electrons. The molecule has 2 atom stereocenters. The Balaban J connectivity index is 2.01. The van der Waals surface area contributed by atoms with E-state index in [4.69, 9.17) is 16.3 Å². The minimum absolute atomic E-state index is 0.0435. The second kappa shape index (κ2) is 5.54. The summed E-state index contributed by atoms with van der Waals surface area (Å²) < 4.78 is 5.50. The van der Waals surface area contributed by atoms with E-state index in [-0.39, 0.29) is 18.0 Å². The maximum absolute atomic E-state index is 11.8. The summed E-state index contributed by atoms with van der Waals surface area (Å²) >= 11 is 5.84. The van der Waals surface area contributed by atoms with Crippen molar-refractivity contribution in [3.05, 3.63) is 34.9 Å². The van der Waals surface area contributed by atoms with Crippen molar-refractivity contribution in [1.29, 1.82) is 0 Å². The van der Waals surface area contributed by atoms with Gasteiger partial charge in [0.15, 0.2) is 0 Å². The molecular formula is C14H17ClO2. The summed E-state index contributed by atoms with van der Waals surface area (Å²) in [5.41, 5.74) is 1.04. The highest BCUT2D eigenvalue weighted by molar-refractivity contribution is 6.30. The first kappa shape index (κ1) is 12.4. The Kier molecular flexibility index (Phi) is 4.06. The van der Waals surface area contributed by atoms with Gasteiger partial charge in [-0.2, -0.15) is 0 Å². The van der Waals surface area contributed by atoms with Gasteiger partial charge in [-0.25, -0.2) is 0 Å². The number of hydrogen-bond acceptors (Lipinski definition) is 2. The molecule has 1 aliphatic rings. The number of carbonyl (C=O) groups is 1. The van der Waals surface area contributed by atoms with Crippen LogP contribution in [0.4, 0.5) is 0 Å². The van der Waals surface area contributed by atoms with Gasteiger partial charge in [0.25, 0.3) is 0 Å². The third-order valence-corrected chi connectivity index (χ3v) is 3.50. The lowest BCUT2D eigenvalue weighted by molar-refractivity contribution is -0.161. The maximum Gasteiger partial charge on any atom is 0.309 e.